The molecule has 7 heteroatoms. The lowest BCUT2D eigenvalue weighted by molar-refractivity contribution is -0.142. The van der Waals surface area contributed by atoms with Gasteiger partial charge in [-0.2, -0.15) is 0 Å². The number of rotatable bonds is 5. The Morgan fingerprint density at radius 2 is 2.27 bits per heavy atom. The smallest absolute Gasteiger partial charge is 0.308 e. The van der Waals surface area contributed by atoms with Crippen LogP contribution in [0.25, 0.3) is 0 Å². The van der Waals surface area contributed by atoms with Crippen molar-refractivity contribution in [2.45, 2.75) is 13.8 Å². The Morgan fingerprint density at radius 3 is 2.67 bits per heavy atom. The van der Waals surface area contributed by atoms with Crippen LogP contribution in [0.3, 0.4) is 0 Å². The van der Waals surface area contributed by atoms with Crippen LogP contribution in [-0.4, -0.2) is 37.8 Å². The second-order valence-corrected chi connectivity index (χ2v) is 3.70. The first-order valence-electron chi connectivity index (χ1n) is 4.71. The quantitative estimate of drug-likeness (QED) is 0.714. The van der Waals surface area contributed by atoms with Crippen molar-refractivity contribution in [2.75, 3.05) is 11.9 Å². The van der Waals surface area contributed by atoms with Crippen molar-refractivity contribution in [2.24, 2.45) is 18.9 Å². The molecule has 0 aliphatic carbocycles. The van der Waals surface area contributed by atoms with E-state index in [0.29, 0.717) is 12.5 Å². The molecule has 0 saturated heterocycles. The molecule has 15 heavy (non-hydrogen) atoms. The molecule has 1 rings (SSSR count). The van der Waals surface area contributed by atoms with E-state index < -0.39 is 11.9 Å². The minimum atomic E-state index is -0.812. The standard InChI is InChI=1S/C8H15N5O2/c1-5(2)6(7(14)15)4-9-8-10-11-12-13(8)3/h5-6H,4H2,1-3H3,(H,14,15)(H,9,10,12). The van der Waals surface area contributed by atoms with Crippen molar-refractivity contribution < 1.29 is 9.90 Å². The Morgan fingerprint density at radius 1 is 1.60 bits per heavy atom. The van der Waals surface area contributed by atoms with E-state index >= 15 is 0 Å². The molecule has 1 unspecified atom stereocenters. The average molecular weight is 213 g/mol. The van der Waals surface area contributed by atoms with Gasteiger partial charge in [-0.25, -0.2) is 4.68 Å². The average Bonchev–Trinajstić information content (AvgIpc) is 2.51. The highest BCUT2D eigenvalue weighted by molar-refractivity contribution is 5.71. The third-order valence-corrected chi connectivity index (χ3v) is 2.22. The van der Waals surface area contributed by atoms with Crippen molar-refractivity contribution in [1.29, 1.82) is 0 Å². The van der Waals surface area contributed by atoms with Crippen LogP contribution >= 0.6 is 0 Å². The van der Waals surface area contributed by atoms with Crippen LogP contribution in [0.5, 0.6) is 0 Å². The van der Waals surface area contributed by atoms with Crippen LogP contribution in [0.2, 0.25) is 0 Å². The van der Waals surface area contributed by atoms with Crippen molar-refractivity contribution >= 4 is 11.9 Å². The molecule has 1 heterocycles. The topological polar surface area (TPSA) is 92.9 Å². The van der Waals surface area contributed by atoms with Gasteiger partial charge in [-0.3, -0.25) is 4.79 Å². The summed E-state index contributed by atoms with van der Waals surface area (Å²) in [5.74, 6) is -0.715. The number of aliphatic carboxylic acids is 1. The Hall–Kier alpha value is -1.66. The monoisotopic (exact) mass is 213 g/mol. The van der Waals surface area contributed by atoms with E-state index in [9.17, 15) is 4.79 Å². The second-order valence-electron chi connectivity index (χ2n) is 3.70. The molecule has 1 atom stereocenters. The molecule has 1 aromatic rings. The summed E-state index contributed by atoms with van der Waals surface area (Å²) in [6, 6.07) is 0. The SMILES string of the molecule is CC(C)C(CNc1nnnn1C)C(=O)O. The van der Waals surface area contributed by atoms with Gasteiger partial charge in [-0.1, -0.05) is 18.9 Å². The summed E-state index contributed by atoms with van der Waals surface area (Å²) in [5.41, 5.74) is 0. The lowest BCUT2D eigenvalue weighted by atomic mass is 9.96. The summed E-state index contributed by atoms with van der Waals surface area (Å²) in [4.78, 5) is 10.9. The van der Waals surface area contributed by atoms with Crippen LogP contribution in [-0.2, 0) is 11.8 Å². The number of carboxylic acids is 1. The predicted octanol–water partition coefficient (Wildman–Crippen LogP) is -0.0212. The minimum Gasteiger partial charge on any atom is -0.481 e. The van der Waals surface area contributed by atoms with Gasteiger partial charge >= 0.3 is 5.97 Å². The Bertz CT molecular complexity index is 336. The molecule has 0 amide bonds. The van der Waals surface area contributed by atoms with E-state index in [4.69, 9.17) is 5.11 Å². The fourth-order valence-corrected chi connectivity index (χ4v) is 1.19. The van der Waals surface area contributed by atoms with Crippen LogP contribution in [0.15, 0.2) is 0 Å². The molecule has 0 bridgehead atoms. The molecule has 0 spiro atoms. The molecule has 0 aliphatic rings. The highest BCUT2D eigenvalue weighted by atomic mass is 16.4. The molecule has 1 aromatic heterocycles. The first kappa shape index (κ1) is 11.4. The highest BCUT2D eigenvalue weighted by Gasteiger charge is 2.21. The molecule has 0 saturated carbocycles. The van der Waals surface area contributed by atoms with E-state index in [1.165, 1.54) is 4.68 Å². The minimum absolute atomic E-state index is 0.0659. The van der Waals surface area contributed by atoms with Gasteiger partial charge in [0.2, 0.25) is 5.95 Å². The van der Waals surface area contributed by atoms with Crippen molar-refractivity contribution in [1.82, 2.24) is 20.2 Å². The molecule has 84 valence electrons. The summed E-state index contributed by atoms with van der Waals surface area (Å²) in [6.45, 7) is 4.06. The molecule has 2 N–H and O–H groups in total. The number of nitrogens with one attached hydrogen (secondary N) is 1. The van der Waals surface area contributed by atoms with Gasteiger partial charge in [0, 0.05) is 13.6 Å². The van der Waals surface area contributed by atoms with Gasteiger partial charge in [0.05, 0.1) is 5.92 Å². The summed E-state index contributed by atoms with van der Waals surface area (Å²) in [7, 11) is 1.69. The van der Waals surface area contributed by atoms with Crippen LogP contribution in [0.4, 0.5) is 5.95 Å². The number of hydrogen-bond acceptors (Lipinski definition) is 5. The van der Waals surface area contributed by atoms with Crippen LogP contribution in [0, 0.1) is 11.8 Å². The van der Waals surface area contributed by atoms with Crippen LogP contribution in [0.1, 0.15) is 13.8 Å². The van der Waals surface area contributed by atoms with Crippen molar-refractivity contribution in [3.63, 3.8) is 0 Å². The third kappa shape index (κ3) is 2.90. The molecule has 0 radical (unpaired) electrons. The molecular formula is C8H15N5O2. The third-order valence-electron chi connectivity index (χ3n) is 2.22. The van der Waals surface area contributed by atoms with Gasteiger partial charge < -0.3 is 10.4 Å². The fourth-order valence-electron chi connectivity index (χ4n) is 1.19. The lowest BCUT2D eigenvalue weighted by Crippen LogP contribution is -2.28. The van der Waals surface area contributed by atoms with Gasteiger partial charge in [-0.05, 0) is 16.3 Å². The Labute approximate surface area is 87.5 Å². The molecule has 0 fully saturated rings. The number of anilines is 1. The number of nitrogens with zero attached hydrogens (tertiary/aromatic N) is 4. The van der Waals surface area contributed by atoms with Crippen molar-refractivity contribution in [3.8, 4) is 0 Å². The lowest BCUT2D eigenvalue weighted by Gasteiger charge is -2.16. The predicted molar refractivity (Wildman–Crippen MR) is 53.3 cm³/mol. The number of aromatic nitrogens is 4. The van der Waals surface area contributed by atoms with E-state index in [2.05, 4.69) is 20.8 Å². The summed E-state index contributed by atoms with van der Waals surface area (Å²) >= 11 is 0. The van der Waals surface area contributed by atoms with Gasteiger partial charge in [0.15, 0.2) is 0 Å². The maximum absolute atomic E-state index is 10.9. The normalized spacial score (nSPS) is 12.8. The number of tetrazole rings is 1. The summed E-state index contributed by atoms with van der Waals surface area (Å²) in [6.07, 6.45) is 0. The molecular weight excluding hydrogens is 198 g/mol. The van der Waals surface area contributed by atoms with E-state index in [1.54, 1.807) is 7.05 Å². The van der Waals surface area contributed by atoms with E-state index in [0.717, 1.165) is 0 Å². The zero-order chi connectivity index (χ0) is 11.4. The summed E-state index contributed by atoms with van der Waals surface area (Å²) in [5, 5.41) is 22.6. The fraction of sp³-hybridized carbons (Fsp3) is 0.750. The Balaban J connectivity index is 2.55. The molecule has 0 aromatic carbocycles. The number of carbonyl (C=O) groups is 1. The number of hydrogen-bond donors (Lipinski definition) is 2. The largest absolute Gasteiger partial charge is 0.481 e. The first-order chi connectivity index (χ1) is 7.02. The van der Waals surface area contributed by atoms with Gasteiger partial charge in [0.1, 0.15) is 0 Å². The number of carboxylic acid groups (broad SMARTS) is 1. The van der Waals surface area contributed by atoms with Gasteiger partial charge in [0.25, 0.3) is 0 Å². The maximum Gasteiger partial charge on any atom is 0.308 e. The maximum atomic E-state index is 10.9. The molecule has 7 nitrogen and oxygen atoms in total. The zero-order valence-corrected chi connectivity index (χ0v) is 9.01. The van der Waals surface area contributed by atoms with E-state index in [1.807, 2.05) is 13.8 Å². The summed E-state index contributed by atoms with van der Waals surface area (Å²) < 4.78 is 1.46. The second kappa shape index (κ2) is 4.72. The van der Waals surface area contributed by atoms with Crippen LogP contribution < -0.4 is 5.32 Å². The highest BCUT2D eigenvalue weighted by Crippen LogP contribution is 2.11. The molecule has 0 aliphatic heterocycles. The van der Waals surface area contributed by atoms with Gasteiger partial charge in [-0.15, -0.1) is 0 Å². The Kier molecular flexibility index (Phi) is 3.59. The van der Waals surface area contributed by atoms with Crippen molar-refractivity contribution in [3.05, 3.63) is 0 Å². The number of aryl methyl sites for hydroxylation is 1. The van der Waals surface area contributed by atoms with E-state index in [-0.39, 0.29) is 5.92 Å². The first-order valence-corrected chi connectivity index (χ1v) is 4.71. The zero-order valence-electron chi connectivity index (χ0n) is 9.01.